The van der Waals surface area contributed by atoms with Crippen LogP contribution in [0.5, 0.6) is 0 Å². The Hall–Kier alpha value is -3.41. The molecule has 0 saturated carbocycles. The second-order valence-corrected chi connectivity index (χ2v) is 7.25. The van der Waals surface area contributed by atoms with Crippen LogP contribution in [0.1, 0.15) is 34.9 Å². The van der Waals surface area contributed by atoms with Crippen molar-refractivity contribution in [3.05, 3.63) is 72.2 Å². The molecular formula is C22H21N5O. The van der Waals surface area contributed by atoms with Gasteiger partial charge in [-0.1, -0.05) is 42.5 Å². The van der Waals surface area contributed by atoms with Gasteiger partial charge in [-0.2, -0.15) is 5.10 Å². The summed E-state index contributed by atoms with van der Waals surface area (Å²) >= 11 is 0. The van der Waals surface area contributed by atoms with E-state index in [1.54, 1.807) is 6.20 Å². The van der Waals surface area contributed by atoms with Gasteiger partial charge in [-0.05, 0) is 25.0 Å². The summed E-state index contributed by atoms with van der Waals surface area (Å²) < 4.78 is 0. The number of hydrogen-bond acceptors (Lipinski definition) is 3. The number of nitrogens with zero attached hydrogens (tertiary/aromatic N) is 3. The van der Waals surface area contributed by atoms with Gasteiger partial charge < -0.3 is 9.88 Å². The first-order valence-corrected chi connectivity index (χ1v) is 9.62. The van der Waals surface area contributed by atoms with Crippen LogP contribution in [-0.4, -0.2) is 44.1 Å². The Morgan fingerprint density at radius 1 is 1.07 bits per heavy atom. The zero-order chi connectivity index (χ0) is 18.9. The van der Waals surface area contributed by atoms with Gasteiger partial charge in [0.15, 0.2) is 0 Å². The molecule has 6 nitrogen and oxygen atoms in total. The second-order valence-electron chi connectivity index (χ2n) is 7.25. The van der Waals surface area contributed by atoms with Gasteiger partial charge in [-0.3, -0.25) is 9.89 Å². The third kappa shape index (κ3) is 2.97. The number of carbonyl (C=O) groups is 1. The first kappa shape index (κ1) is 16.7. The predicted octanol–water partition coefficient (Wildman–Crippen LogP) is 3.97. The Morgan fingerprint density at radius 2 is 1.89 bits per heavy atom. The summed E-state index contributed by atoms with van der Waals surface area (Å²) in [6.45, 7) is 1.42. The largest absolute Gasteiger partial charge is 0.342 e. The van der Waals surface area contributed by atoms with Crippen LogP contribution in [0.4, 0.5) is 0 Å². The molecule has 5 rings (SSSR count). The number of hydrogen-bond donors (Lipinski definition) is 2. The molecule has 0 aliphatic carbocycles. The average Bonchev–Trinajstić information content (AvgIpc) is 3.41. The van der Waals surface area contributed by atoms with Crippen LogP contribution < -0.4 is 0 Å². The molecule has 2 aromatic carbocycles. The van der Waals surface area contributed by atoms with Crippen LogP contribution >= 0.6 is 0 Å². The highest BCUT2D eigenvalue weighted by Crippen LogP contribution is 2.29. The van der Waals surface area contributed by atoms with Crippen LogP contribution in [0.2, 0.25) is 0 Å². The van der Waals surface area contributed by atoms with E-state index < -0.39 is 0 Å². The molecule has 2 aromatic heterocycles. The summed E-state index contributed by atoms with van der Waals surface area (Å²) in [5, 5.41) is 7.12. The molecule has 1 aliphatic heterocycles. The van der Waals surface area contributed by atoms with E-state index >= 15 is 0 Å². The van der Waals surface area contributed by atoms with E-state index in [4.69, 9.17) is 4.98 Å². The lowest BCUT2D eigenvalue weighted by Gasteiger charge is -2.31. The highest BCUT2D eigenvalue weighted by molar-refractivity contribution is 5.99. The number of amides is 1. The molecule has 3 heterocycles. The van der Waals surface area contributed by atoms with Crippen LogP contribution in [0.15, 0.2) is 60.8 Å². The average molecular weight is 371 g/mol. The quantitative estimate of drug-likeness (QED) is 0.572. The summed E-state index contributed by atoms with van der Waals surface area (Å²) in [5.74, 6) is 1.21. The molecule has 4 aromatic rings. The first-order valence-electron chi connectivity index (χ1n) is 9.62. The van der Waals surface area contributed by atoms with Gasteiger partial charge in [-0.15, -0.1) is 0 Å². The van der Waals surface area contributed by atoms with Gasteiger partial charge >= 0.3 is 0 Å². The number of likely N-dealkylation sites (tertiary alicyclic amines) is 1. The van der Waals surface area contributed by atoms with Crippen molar-refractivity contribution in [2.75, 3.05) is 13.1 Å². The van der Waals surface area contributed by atoms with Crippen molar-refractivity contribution < 1.29 is 4.79 Å². The maximum absolute atomic E-state index is 13.2. The molecule has 0 unspecified atom stereocenters. The number of H-pyrrole nitrogens is 2. The van der Waals surface area contributed by atoms with Gasteiger partial charge in [0.2, 0.25) is 0 Å². The van der Waals surface area contributed by atoms with Gasteiger partial charge in [0.25, 0.3) is 5.91 Å². The highest BCUT2D eigenvalue weighted by Gasteiger charge is 2.29. The lowest BCUT2D eigenvalue weighted by atomic mass is 9.96. The molecular weight excluding hydrogens is 350 g/mol. The normalized spacial score (nSPS) is 17.1. The zero-order valence-corrected chi connectivity index (χ0v) is 15.4. The number of carbonyl (C=O) groups excluding carboxylic acids is 1. The Labute approximate surface area is 162 Å². The van der Waals surface area contributed by atoms with E-state index in [9.17, 15) is 4.79 Å². The molecule has 1 aliphatic rings. The fraction of sp³-hybridized carbons (Fsp3) is 0.227. The van der Waals surface area contributed by atoms with E-state index in [0.717, 1.165) is 47.5 Å². The minimum atomic E-state index is 0.0217. The molecule has 1 atom stereocenters. The number of nitrogens with one attached hydrogen (secondary N) is 2. The molecule has 0 spiro atoms. The number of rotatable bonds is 3. The molecule has 0 radical (unpaired) electrons. The van der Waals surface area contributed by atoms with Gasteiger partial charge in [0, 0.05) is 24.6 Å². The van der Waals surface area contributed by atoms with E-state index in [-0.39, 0.29) is 11.8 Å². The second kappa shape index (κ2) is 6.96. The van der Waals surface area contributed by atoms with E-state index in [0.29, 0.717) is 12.1 Å². The third-order valence-electron chi connectivity index (χ3n) is 5.44. The minimum Gasteiger partial charge on any atom is -0.342 e. The van der Waals surface area contributed by atoms with Gasteiger partial charge in [-0.25, -0.2) is 4.98 Å². The Kier molecular flexibility index (Phi) is 4.16. The molecule has 1 saturated heterocycles. The van der Waals surface area contributed by atoms with E-state index in [1.807, 2.05) is 59.5 Å². The maximum Gasteiger partial charge on any atom is 0.257 e. The summed E-state index contributed by atoms with van der Waals surface area (Å²) in [6.07, 6.45) is 3.63. The third-order valence-corrected chi connectivity index (χ3v) is 5.44. The van der Waals surface area contributed by atoms with Crippen LogP contribution in [-0.2, 0) is 0 Å². The number of aromatic nitrogens is 4. The zero-order valence-electron chi connectivity index (χ0n) is 15.4. The van der Waals surface area contributed by atoms with E-state index in [1.165, 1.54) is 0 Å². The van der Waals surface area contributed by atoms with Crippen molar-refractivity contribution >= 4 is 16.9 Å². The van der Waals surface area contributed by atoms with Crippen molar-refractivity contribution in [1.29, 1.82) is 0 Å². The minimum absolute atomic E-state index is 0.0217. The fourth-order valence-electron chi connectivity index (χ4n) is 3.99. The fourth-order valence-corrected chi connectivity index (χ4v) is 3.99. The maximum atomic E-state index is 13.2. The number of para-hydroxylation sites is 2. The van der Waals surface area contributed by atoms with Crippen LogP contribution in [0.3, 0.4) is 0 Å². The lowest BCUT2D eigenvalue weighted by molar-refractivity contribution is 0.0706. The topological polar surface area (TPSA) is 77.7 Å². The molecule has 6 heteroatoms. The summed E-state index contributed by atoms with van der Waals surface area (Å²) in [6, 6.07) is 17.9. The summed E-state index contributed by atoms with van der Waals surface area (Å²) in [7, 11) is 0. The molecule has 1 fully saturated rings. The number of aromatic amines is 2. The summed E-state index contributed by atoms with van der Waals surface area (Å²) in [4.78, 5) is 23.3. The first-order chi connectivity index (χ1) is 13.8. The van der Waals surface area contributed by atoms with Crippen molar-refractivity contribution in [2.45, 2.75) is 18.8 Å². The standard InChI is InChI=1S/C22H21N5O/c28-22(17-13-23-26-20(17)15-7-2-1-3-8-15)27-12-6-9-16(14-27)21-24-18-10-4-5-11-19(18)25-21/h1-5,7-8,10-11,13,16H,6,9,12,14H2,(H,23,26)(H,24,25)/t16-/m0/s1. The summed E-state index contributed by atoms with van der Waals surface area (Å²) in [5.41, 5.74) is 4.38. The van der Waals surface area contributed by atoms with Crippen molar-refractivity contribution in [3.63, 3.8) is 0 Å². The smallest absolute Gasteiger partial charge is 0.257 e. The van der Waals surface area contributed by atoms with Crippen molar-refractivity contribution in [2.24, 2.45) is 0 Å². The lowest BCUT2D eigenvalue weighted by Crippen LogP contribution is -2.39. The predicted molar refractivity (Wildman–Crippen MR) is 108 cm³/mol. The number of fused-ring (bicyclic) bond motifs is 1. The molecule has 2 N–H and O–H groups in total. The van der Waals surface area contributed by atoms with Crippen molar-refractivity contribution in [3.8, 4) is 11.3 Å². The molecule has 0 bridgehead atoms. The van der Waals surface area contributed by atoms with Crippen molar-refractivity contribution in [1.82, 2.24) is 25.1 Å². The Morgan fingerprint density at radius 3 is 2.75 bits per heavy atom. The number of imidazole rings is 1. The number of benzene rings is 2. The Balaban J connectivity index is 1.40. The molecule has 1 amide bonds. The number of piperidine rings is 1. The highest BCUT2D eigenvalue weighted by atomic mass is 16.2. The molecule has 28 heavy (non-hydrogen) atoms. The Bertz CT molecular complexity index is 1080. The van der Waals surface area contributed by atoms with E-state index in [2.05, 4.69) is 15.2 Å². The monoisotopic (exact) mass is 371 g/mol. The van der Waals surface area contributed by atoms with Gasteiger partial charge in [0.05, 0.1) is 28.5 Å². The SMILES string of the molecule is O=C(c1cn[nH]c1-c1ccccc1)N1CCC[C@H](c2nc3ccccc3[nH]2)C1. The van der Waals surface area contributed by atoms with Gasteiger partial charge in [0.1, 0.15) is 5.82 Å². The van der Waals surface area contributed by atoms with Crippen LogP contribution in [0.25, 0.3) is 22.3 Å². The van der Waals surface area contributed by atoms with Crippen LogP contribution in [0, 0.1) is 0 Å². The molecule has 140 valence electrons.